The van der Waals surface area contributed by atoms with Gasteiger partial charge in [-0.1, -0.05) is 18.2 Å². The number of nitrogens with one attached hydrogen (secondary N) is 2. The predicted octanol–water partition coefficient (Wildman–Crippen LogP) is 2.31. The number of hydrogen-bond acceptors (Lipinski definition) is 6. The highest BCUT2D eigenvalue weighted by atomic mass is 16.3. The lowest BCUT2D eigenvalue weighted by Gasteiger charge is -2.28. The number of aromatic nitrogens is 4. The Labute approximate surface area is 149 Å². The first-order chi connectivity index (χ1) is 12.6. The molecule has 1 aliphatic rings. The molecule has 1 aromatic carbocycles. The molecule has 0 saturated carbocycles. The van der Waals surface area contributed by atoms with Crippen LogP contribution in [-0.2, 0) is 4.79 Å². The largest absolute Gasteiger partial charge is 0.508 e. The zero-order valence-corrected chi connectivity index (χ0v) is 13.9. The third-order valence-corrected chi connectivity index (χ3v) is 4.13. The van der Waals surface area contributed by atoms with Gasteiger partial charge in [0, 0.05) is 11.9 Å². The molecule has 0 spiro atoms. The summed E-state index contributed by atoms with van der Waals surface area (Å²) in [5.41, 5.74) is 1.86. The van der Waals surface area contributed by atoms with Gasteiger partial charge in [0.05, 0.1) is 5.57 Å². The molecule has 3 heterocycles. The Kier molecular flexibility index (Phi) is 3.85. The Hall–Kier alpha value is -3.68. The van der Waals surface area contributed by atoms with Gasteiger partial charge < -0.3 is 15.7 Å². The molecular formula is C18H16N6O2. The van der Waals surface area contributed by atoms with Gasteiger partial charge in [-0.25, -0.2) is 9.67 Å². The van der Waals surface area contributed by atoms with Crippen molar-refractivity contribution >= 4 is 17.7 Å². The lowest BCUT2D eigenvalue weighted by Crippen LogP contribution is -2.31. The van der Waals surface area contributed by atoms with E-state index in [4.69, 9.17) is 0 Å². The fourth-order valence-corrected chi connectivity index (χ4v) is 3.01. The van der Waals surface area contributed by atoms with Gasteiger partial charge in [0.15, 0.2) is 0 Å². The number of phenolic OH excluding ortho intramolecular Hbond substituents is 1. The summed E-state index contributed by atoms with van der Waals surface area (Å²) in [7, 11) is 0. The number of rotatable bonds is 3. The van der Waals surface area contributed by atoms with Gasteiger partial charge >= 0.3 is 0 Å². The second-order valence-corrected chi connectivity index (χ2v) is 5.86. The molecule has 0 aliphatic carbocycles. The second kappa shape index (κ2) is 6.32. The maximum Gasteiger partial charge on any atom is 0.257 e. The molecule has 0 fully saturated rings. The van der Waals surface area contributed by atoms with Gasteiger partial charge in [-0.2, -0.15) is 10.1 Å². The third kappa shape index (κ3) is 2.77. The van der Waals surface area contributed by atoms with Crippen LogP contribution in [0.4, 0.5) is 11.8 Å². The SMILES string of the molecule is CC1=C(C(=O)Nc2ccccn2)C(c2cccc(O)c2)n2ncnc2N1. The zero-order valence-electron chi connectivity index (χ0n) is 13.9. The summed E-state index contributed by atoms with van der Waals surface area (Å²) < 4.78 is 1.62. The monoisotopic (exact) mass is 348 g/mol. The minimum Gasteiger partial charge on any atom is -0.508 e. The van der Waals surface area contributed by atoms with Crippen LogP contribution in [0.25, 0.3) is 0 Å². The third-order valence-electron chi connectivity index (χ3n) is 4.13. The van der Waals surface area contributed by atoms with E-state index >= 15 is 0 Å². The summed E-state index contributed by atoms with van der Waals surface area (Å²) in [4.78, 5) is 21.3. The minimum atomic E-state index is -0.524. The van der Waals surface area contributed by atoms with Crippen molar-refractivity contribution in [3.8, 4) is 5.75 Å². The van der Waals surface area contributed by atoms with E-state index in [1.165, 1.54) is 6.33 Å². The number of aromatic hydroxyl groups is 1. The maximum absolute atomic E-state index is 13.0. The molecule has 4 rings (SSSR count). The molecule has 0 bridgehead atoms. The first kappa shape index (κ1) is 15.8. The smallest absolute Gasteiger partial charge is 0.257 e. The van der Waals surface area contributed by atoms with Crippen LogP contribution in [0.3, 0.4) is 0 Å². The van der Waals surface area contributed by atoms with E-state index < -0.39 is 6.04 Å². The van der Waals surface area contributed by atoms with Gasteiger partial charge in [0.25, 0.3) is 5.91 Å². The number of anilines is 2. The summed E-state index contributed by atoms with van der Waals surface area (Å²) >= 11 is 0. The van der Waals surface area contributed by atoms with Crippen molar-refractivity contribution in [2.24, 2.45) is 0 Å². The van der Waals surface area contributed by atoms with Crippen molar-refractivity contribution in [1.29, 1.82) is 0 Å². The number of benzene rings is 1. The standard InChI is InChI=1S/C18H16N6O2/c1-11-15(17(26)23-14-7-2-3-8-19-14)16(12-5-4-6-13(25)9-12)24-18(22-11)20-10-21-24/h2-10,16,25H,1H3,(H,19,23,26)(H,20,21,22). The van der Waals surface area contributed by atoms with Crippen molar-refractivity contribution in [2.75, 3.05) is 10.6 Å². The molecule has 26 heavy (non-hydrogen) atoms. The van der Waals surface area contributed by atoms with Gasteiger partial charge in [-0.3, -0.25) is 4.79 Å². The molecule has 8 heteroatoms. The summed E-state index contributed by atoms with van der Waals surface area (Å²) in [5.74, 6) is 0.801. The van der Waals surface area contributed by atoms with Gasteiger partial charge in [-0.05, 0) is 36.8 Å². The molecule has 1 unspecified atom stereocenters. The van der Waals surface area contributed by atoms with Crippen LogP contribution >= 0.6 is 0 Å². The van der Waals surface area contributed by atoms with Crippen LogP contribution < -0.4 is 10.6 Å². The van der Waals surface area contributed by atoms with Crippen LogP contribution in [0.1, 0.15) is 18.5 Å². The predicted molar refractivity (Wildman–Crippen MR) is 95.5 cm³/mol. The van der Waals surface area contributed by atoms with Crippen molar-refractivity contribution in [3.05, 3.63) is 71.8 Å². The number of fused-ring (bicyclic) bond motifs is 1. The minimum absolute atomic E-state index is 0.116. The highest BCUT2D eigenvalue weighted by Gasteiger charge is 2.33. The van der Waals surface area contributed by atoms with E-state index in [0.717, 1.165) is 5.56 Å². The number of carbonyl (C=O) groups excluding carboxylic acids is 1. The van der Waals surface area contributed by atoms with Crippen LogP contribution in [0.2, 0.25) is 0 Å². The number of hydrogen-bond donors (Lipinski definition) is 3. The molecule has 130 valence electrons. The quantitative estimate of drug-likeness (QED) is 0.671. The molecule has 1 atom stereocenters. The normalized spacial score (nSPS) is 16.0. The number of carbonyl (C=O) groups is 1. The van der Waals surface area contributed by atoms with E-state index in [0.29, 0.717) is 23.0 Å². The van der Waals surface area contributed by atoms with E-state index in [9.17, 15) is 9.90 Å². The highest BCUT2D eigenvalue weighted by Crippen LogP contribution is 2.35. The molecule has 2 aromatic heterocycles. The Bertz CT molecular complexity index is 996. The number of nitrogens with zero attached hydrogens (tertiary/aromatic N) is 4. The second-order valence-electron chi connectivity index (χ2n) is 5.86. The van der Waals surface area contributed by atoms with Crippen molar-refractivity contribution < 1.29 is 9.90 Å². The first-order valence-corrected chi connectivity index (χ1v) is 8.02. The van der Waals surface area contributed by atoms with Crippen molar-refractivity contribution in [1.82, 2.24) is 19.7 Å². The Morgan fingerprint density at radius 2 is 2.12 bits per heavy atom. The molecule has 0 saturated heterocycles. The zero-order chi connectivity index (χ0) is 18.1. The molecule has 8 nitrogen and oxygen atoms in total. The lowest BCUT2D eigenvalue weighted by molar-refractivity contribution is -0.113. The van der Waals surface area contributed by atoms with Crippen LogP contribution in [0, 0.1) is 0 Å². The Morgan fingerprint density at radius 3 is 2.88 bits per heavy atom. The van der Waals surface area contributed by atoms with E-state index in [-0.39, 0.29) is 11.7 Å². The fourth-order valence-electron chi connectivity index (χ4n) is 3.01. The summed E-state index contributed by atoms with van der Waals surface area (Å²) in [6, 6.07) is 11.5. The van der Waals surface area contributed by atoms with Crippen molar-refractivity contribution in [2.45, 2.75) is 13.0 Å². The first-order valence-electron chi connectivity index (χ1n) is 8.02. The maximum atomic E-state index is 13.0. The molecule has 1 amide bonds. The van der Waals surface area contributed by atoms with Crippen LogP contribution in [-0.4, -0.2) is 30.8 Å². The van der Waals surface area contributed by atoms with E-state index in [2.05, 4.69) is 25.7 Å². The summed E-state index contributed by atoms with van der Waals surface area (Å²) in [6.45, 7) is 1.81. The average Bonchev–Trinajstić information content (AvgIpc) is 3.09. The van der Waals surface area contributed by atoms with Crippen LogP contribution in [0.5, 0.6) is 5.75 Å². The average molecular weight is 348 g/mol. The Balaban J connectivity index is 1.78. The number of phenols is 1. The van der Waals surface area contributed by atoms with E-state index in [1.54, 1.807) is 54.2 Å². The highest BCUT2D eigenvalue weighted by molar-refractivity contribution is 6.05. The number of allylic oxidation sites excluding steroid dienone is 1. The Morgan fingerprint density at radius 1 is 1.23 bits per heavy atom. The van der Waals surface area contributed by atoms with Gasteiger partial charge in [0.1, 0.15) is 23.9 Å². The van der Waals surface area contributed by atoms with Gasteiger partial charge in [0.2, 0.25) is 5.95 Å². The molecular weight excluding hydrogens is 332 g/mol. The summed E-state index contributed by atoms with van der Waals surface area (Å²) in [5, 5.41) is 20.0. The molecule has 1 aliphatic heterocycles. The topological polar surface area (TPSA) is 105 Å². The lowest BCUT2D eigenvalue weighted by atomic mass is 9.95. The van der Waals surface area contributed by atoms with E-state index in [1.807, 2.05) is 6.07 Å². The summed E-state index contributed by atoms with van der Waals surface area (Å²) in [6.07, 6.45) is 3.03. The van der Waals surface area contributed by atoms with Crippen molar-refractivity contribution in [3.63, 3.8) is 0 Å². The molecule has 3 aromatic rings. The van der Waals surface area contributed by atoms with Crippen LogP contribution in [0.15, 0.2) is 66.3 Å². The molecule has 0 radical (unpaired) electrons. The fraction of sp³-hybridized carbons (Fsp3) is 0.111. The molecule has 3 N–H and O–H groups in total. The number of amides is 1. The van der Waals surface area contributed by atoms with Gasteiger partial charge in [-0.15, -0.1) is 0 Å². The number of pyridine rings is 1.